The summed E-state index contributed by atoms with van der Waals surface area (Å²) in [6, 6.07) is 1.98. The summed E-state index contributed by atoms with van der Waals surface area (Å²) in [7, 11) is 0. The highest BCUT2D eigenvalue weighted by molar-refractivity contribution is 5.80. The molecule has 0 aliphatic carbocycles. The zero-order valence-corrected chi connectivity index (χ0v) is 15.8. The van der Waals surface area contributed by atoms with Gasteiger partial charge in [0.1, 0.15) is 31.0 Å². The topological polar surface area (TPSA) is 170 Å². The number of esters is 1. The molecule has 0 amide bonds. The molecule has 10 nitrogen and oxygen atoms in total. The van der Waals surface area contributed by atoms with Gasteiger partial charge in [0.2, 0.25) is 0 Å². The first-order chi connectivity index (χ1) is 12.5. The molecule has 5 N–H and O–H groups in total. The van der Waals surface area contributed by atoms with Crippen LogP contribution in [0.4, 0.5) is 0 Å². The minimum Gasteiger partial charge on any atom is -0.461 e. The van der Waals surface area contributed by atoms with Crippen LogP contribution in [0.25, 0.3) is 0 Å². The zero-order valence-electron chi connectivity index (χ0n) is 15.8. The fraction of sp³-hybridized carbons (Fsp3) is 0.882. The fourth-order valence-corrected chi connectivity index (χ4v) is 2.49. The van der Waals surface area contributed by atoms with E-state index in [0.717, 1.165) is 0 Å². The van der Waals surface area contributed by atoms with Crippen LogP contribution in [-0.4, -0.2) is 86.6 Å². The summed E-state index contributed by atoms with van der Waals surface area (Å²) in [6.07, 6.45) is -9.54. The number of rotatable bonds is 8. The van der Waals surface area contributed by atoms with Crippen molar-refractivity contribution in [2.24, 2.45) is 5.92 Å². The molecule has 1 heterocycles. The molecule has 0 saturated carbocycles. The van der Waals surface area contributed by atoms with Crippen LogP contribution in [0.2, 0.25) is 0 Å². The van der Waals surface area contributed by atoms with Crippen molar-refractivity contribution in [2.45, 2.75) is 82.6 Å². The third-order valence-electron chi connectivity index (χ3n) is 4.89. The van der Waals surface area contributed by atoms with Crippen molar-refractivity contribution in [1.29, 1.82) is 5.26 Å². The van der Waals surface area contributed by atoms with Gasteiger partial charge in [-0.3, -0.25) is 0 Å². The lowest BCUT2D eigenvalue weighted by Crippen LogP contribution is -2.60. The van der Waals surface area contributed by atoms with Crippen molar-refractivity contribution in [3.63, 3.8) is 0 Å². The lowest BCUT2D eigenvalue weighted by Gasteiger charge is -2.41. The smallest absolute Gasteiger partial charge is 0.340 e. The maximum absolute atomic E-state index is 12.1. The highest BCUT2D eigenvalue weighted by atomic mass is 16.7. The number of nitrogens with zero attached hydrogens (tertiary/aromatic N) is 1. The first-order valence-corrected chi connectivity index (χ1v) is 8.81. The maximum atomic E-state index is 12.1. The van der Waals surface area contributed by atoms with E-state index in [1.807, 2.05) is 6.07 Å². The Bertz CT molecular complexity index is 537. The average molecular weight is 391 g/mol. The lowest BCUT2D eigenvalue weighted by atomic mass is 9.95. The molecule has 1 aliphatic rings. The number of aliphatic hydroxyl groups excluding tert-OH is 4. The summed E-state index contributed by atoms with van der Waals surface area (Å²) >= 11 is 0. The van der Waals surface area contributed by atoms with E-state index < -0.39 is 67.0 Å². The number of aliphatic hydroxyl groups is 5. The predicted octanol–water partition coefficient (Wildman–Crippen LogP) is -1.58. The summed E-state index contributed by atoms with van der Waals surface area (Å²) in [5, 5.41) is 58.7. The second-order valence-electron chi connectivity index (χ2n) is 6.83. The number of carbonyl (C=O) groups is 1. The fourth-order valence-electron chi connectivity index (χ4n) is 2.49. The SMILES string of the molecule is CC[C@@](O)(C(=O)OC[C@H]1O[C@@H](O[C@H](C)[C@H](C)C#N)[C@H](O)[C@@H](O)[C@@H]1O)[C@@H](C)O. The van der Waals surface area contributed by atoms with Gasteiger partial charge in [-0.2, -0.15) is 5.26 Å². The predicted molar refractivity (Wildman–Crippen MR) is 89.9 cm³/mol. The van der Waals surface area contributed by atoms with Crippen LogP contribution in [0.1, 0.15) is 34.1 Å². The molecule has 9 atom stereocenters. The molecule has 0 unspecified atom stereocenters. The van der Waals surface area contributed by atoms with Crippen LogP contribution < -0.4 is 0 Å². The first-order valence-electron chi connectivity index (χ1n) is 8.81. The molecule has 0 aromatic heterocycles. The number of hydrogen-bond donors (Lipinski definition) is 5. The van der Waals surface area contributed by atoms with E-state index in [0.29, 0.717) is 0 Å². The summed E-state index contributed by atoms with van der Waals surface area (Å²) in [5.41, 5.74) is -2.12. The Hall–Kier alpha value is -1.32. The third-order valence-corrected chi connectivity index (χ3v) is 4.89. The summed E-state index contributed by atoms with van der Waals surface area (Å²) in [6.45, 7) is 5.35. The third kappa shape index (κ3) is 5.36. The van der Waals surface area contributed by atoms with E-state index in [-0.39, 0.29) is 6.42 Å². The molecule has 27 heavy (non-hydrogen) atoms. The molecule has 0 bridgehead atoms. The van der Waals surface area contributed by atoms with E-state index >= 15 is 0 Å². The minimum absolute atomic E-state index is 0.103. The van der Waals surface area contributed by atoms with Crippen LogP contribution in [0.15, 0.2) is 0 Å². The number of ether oxygens (including phenoxy) is 3. The molecule has 0 aromatic rings. The molecule has 156 valence electrons. The van der Waals surface area contributed by atoms with Crippen molar-refractivity contribution in [3.8, 4) is 6.07 Å². The molecule has 0 aromatic carbocycles. The number of carbonyl (C=O) groups excluding carboxylic acids is 1. The number of nitriles is 1. The van der Waals surface area contributed by atoms with Crippen LogP contribution in [0.5, 0.6) is 0 Å². The van der Waals surface area contributed by atoms with Crippen LogP contribution in [0.3, 0.4) is 0 Å². The highest BCUT2D eigenvalue weighted by Gasteiger charge is 2.47. The first kappa shape index (κ1) is 23.7. The van der Waals surface area contributed by atoms with E-state index in [1.165, 1.54) is 13.8 Å². The summed E-state index contributed by atoms with van der Waals surface area (Å²) in [5.74, 6) is -1.63. The average Bonchev–Trinajstić information content (AvgIpc) is 2.65. The monoisotopic (exact) mass is 391 g/mol. The quantitative estimate of drug-likeness (QED) is 0.304. The van der Waals surface area contributed by atoms with Gasteiger partial charge in [0.15, 0.2) is 11.9 Å². The maximum Gasteiger partial charge on any atom is 0.340 e. The van der Waals surface area contributed by atoms with Gasteiger partial charge in [-0.1, -0.05) is 6.92 Å². The molecule has 1 fully saturated rings. The minimum atomic E-state index is -2.12. The van der Waals surface area contributed by atoms with Gasteiger partial charge in [-0.05, 0) is 27.2 Å². The Morgan fingerprint density at radius 2 is 1.81 bits per heavy atom. The molecule has 1 aliphatic heterocycles. The Kier molecular flexibility index (Phi) is 8.56. The van der Waals surface area contributed by atoms with Gasteiger partial charge in [0.05, 0.1) is 24.2 Å². The zero-order chi connectivity index (χ0) is 20.9. The molecule has 10 heteroatoms. The second-order valence-corrected chi connectivity index (χ2v) is 6.83. The second kappa shape index (κ2) is 9.75. The van der Waals surface area contributed by atoms with Gasteiger partial charge >= 0.3 is 5.97 Å². The van der Waals surface area contributed by atoms with E-state index in [1.54, 1.807) is 13.8 Å². The van der Waals surface area contributed by atoms with Crippen molar-refractivity contribution in [3.05, 3.63) is 0 Å². The van der Waals surface area contributed by atoms with E-state index in [9.17, 15) is 30.3 Å². The molecule has 1 rings (SSSR count). The van der Waals surface area contributed by atoms with Gasteiger partial charge < -0.3 is 39.7 Å². The normalized spacial score (nSPS) is 34.0. The van der Waals surface area contributed by atoms with Crippen molar-refractivity contribution in [1.82, 2.24) is 0 Å². The van der Waals surface area contributed by atoms with Crippen molar-refractivity contribution >= 4 is 5.97 Å². The van der Waals surface area contributed by atoms with Gasteiger partial charge in [-0.15, -0.1) is 0 Å². The van der Waals surface area contributed by atoms with E-state index in [4.69, 9.17) is 19.5 Å². The standard InChI is InChI=1S/C17H29NO9/c1-5-17(24,10(4)19)16(23)25-7-11-12(20)13(21)14(22)15(27-11)26-9(3)8(2)6-18/h8-15,19-22,24H,5,7H2,1-4H3/t8-,9-,10-,11-,12-,13+,14-,15-,17+/m1/s1. The highest BCUT2D eigenvalue weighted by Crippen LogP contribution is 2.25. The summed E-state index contributed by atoms with van der Waals surface area (Å²) < 4.78 is 15.8. The Balaban J connectivity index is 2.79. The Labute approximate surface area is 157 Å². The van der Waals surface area contributed by atoms with Crippen LogP contribution >= 0.6 is 0 Å². The largest absolute Gasteiger partial charge is 0.461 e. The molecular weight excluding hydrogens is 362 g/mol. The van der Waals surface area contributed by atoms with Gasteiger partial charge in [-0.25, -0.2) is 4.79 Å². The van der Waals surface area contributed by atoms with Crippen LogP contribution in [-0.2, 0) is 19.0 Å². The van der Waals surface area contributed by atoms with Crippen molar-refractivity contribution in [2.75, 3.05) is 6.61 Å². The molecule has 0 radical (unpaired) electrons. The Morgan fingerprint density at radius 1 is 1.22 bits per heavy atom. The number of hydrogen-bond acceptors (Lipinski definition) is 10. The molecule has 0 spiro atoms. The van der Waals surface area contributed by atoms with Gasteiger partial charge in [0, 0.05) is 0 Å². The lowest BCUT2D eigenvalue weighted by molar-refractivity contribution is -0.313. The Morgan fingerprint density at radius 3 is 2.30 bits per heavy atom. The van der Waals surface area contributed by atoms with E-state index in [2.05, 4.69) is 0 Å². The van der Waals surface area contributed by atoms with Crippen molar-refractivity contribution < 1.29 is 44.5 Å². The molecule has 1 saturated heterocycles. The van der Waals surface area contributed by atoms with Crippen LogP contribution in [0, 0.1) is 17.2 Å². The van der Waals surface area contributed by atoms with Gasteiger partial charge in [0.25, 0.3) is 0 Å². The molecular formula is C17H29NO9. The summed E-state index contributed by atoms with van der Waals surface area (Å²) in [4.78, 5) is 12.1.